The summed E-state index contributed by atoms with van der Waals surface area (Å²) >= 11 is 0. The van der Waals surface area contributed by atoms with Crippen molar-refractivity contribution in [3.8, 4) is 5.75 Å². The number of ether oxygens (including phenoxy) is 1. The lowest BCUT2D eigenvalue weighted by molar-refractivity contribution is 0.0897. The summed E-state index contributed by atoms with van der Waals surface area (Å²) in [7, 11) is 0. The molecule has 6 rings (SSSR count). The van der Waals surface area contributed by atoms with Gasteiger partial charge in [-0.3, -0.25) is 0 Å². The molecule has 1 aromatic heterocycles. The summed E-state index contributed by atoms with van der Waals surface area (Å²) < 4.78 is 8.99. The first kappa shape index (κ1) is 16.7. The standard InChI is InChI=1S/C27H23NO/c1-27(2)26-21(19-12-7-9-15-24(19)29-27)16-23-25(26)20-13-6-8-14-22(20)28(23)17-18-10-4-3-5-11-18/h3-16,26H,17H2,1-2H3. The molecule has 0 spiro atoms. The quantitative estimate of drug-likeness (QED) is 0.389. The molecule has 2 heteroatoms. The van der Waals surface area contributed by atoms with Crippen molar-refractivity contribution in [1.82, 2.24) is 4.57 Å². The van der Waals surface area contributed by atoms with Gasteiger partial charge in [-0.2, -0.15) is 0 Å². The van der Waals surface area contributed by atoms with Crippen molar-refractivity contribution in [3.05, 3.63) is 101 Å². The monoisotopic (exact) mass is 377 g/mol. The minimum absolute atomic E-state index is 0.231. The third kappa shape index (κ3) is 2.35. The first-order chi connectivity index (χ1) is 14.1. The van der Waals surface area contributed by atoms with Gasteiger partial charge in [0.2, 0.25) is 0 Å². The second-order valence-electron chi connectivity index (χ2n) is 8.62. The molecule has 2 aliphatic rings. The number of para-hydroxylation sites is 2. The third-order valence-electron chi connectivity index (χ3n) is 6.39. The van der Waals surface area contributed by atoms with E-state index >= 15 is 0 Å². The first-order valence-electron chi connectivity index (χ1n) is 10.3. The van der Waals surface area contributed by atoms with E-state index < -0.39 is 0 Å². The van der Waals surface area contributed by atoms with Gasteiger partial charge < -0.3 is 9.30 Å². The van der Waals surface area contributed by atoms with Crippen LogP contribution in [0.4, 0.5) is 0 Å². The molecule has 0 N–H and O–H groups in total. The fourth-order valence-corrected chi connectivity index (χ4v) is 5.22. The molecule has 29 heavy (non-hydrogen) atoms. The second kappa shape index (κ2) is 5.87. The van der Waals surface area contributed by atoms with Crippen LogP contribution in [0.1, 0.15) is 42.1 Å². The van der Waals surface area contributed by atoms with Gasteiger partial charge in [-0.15, -0.1) is 0 Å². The summed E-state index contributed by atoms with van der Waals surface area (Å²) in [5, 5.41) is 1.34. The van der Waals surface area contributed by atoms with Crippen LogP contribution in [0.15, 0.2) is 78.9 Å². The molecule has 3 aromatic carbocycles. The predicted molar refractivity (Wildman–Crippen MR) is 119 cm³/mol. The summed E-state index contributed by atoms with van der Waals surface area (Å²) in [5.41, 5.74) is 7.66. The lowest BCUT2D eigenvalue weighted by Gasteiger charge is -2.40. The third-order valence-corrected chi connectivity index (χ3v) is 6.39. The highest BCUT2D eigenvalue weighted by Gasteiger charge is 2.46. The van der Waals surface area contributed by atoms with E-state index in [0.29, 0.717) is 0 Å². The van der Waals surface area contributed by atoms with Gasteiger partial charge >= 0.3 is 0 Å². The molecule has 1 aliphatic heterocycles. The molecule has 142 valence electrons. The number of hydrogen-bond donors (Lipinski definition) is 0. The molecule has 4 aromatic rings. The molecule has 0 saturated carbocycles. The molecule has 0 fully saturated rings. The molecule has 1 atom stereocenters. The Hall–Kier alpha value is -3.26. The molecule has 0 radical (unpaired) electrons. The maximum absolute atomic E-state index is 6.52. The molecule has 1 unspecified atom stereocenters. The van der Waals surface area contributed by atoms with Gasteiger partial charge in [-0.05, 0) is 48.8 Å². The Kier molecular flexibility index (Phi) is 3.37. The topological polar surface area (TPSA) is 14.2 Å². The van der Waals surface area contributed by atoms with Crippen LogP contribution in [0.2, 0.25) is 0 Å². The summed E-state index contributed by atoms with van der Waals surface area (Å²) in [4.78, 5) is 0. The van der Waals surface area contributed by atoms with E-state index in [2.05, 4.69) is 103 Å². The van der Waals surface area contributed by atoms with Crippen LogP contribution in [0.25, 0.3) is 22.6 Å². The minimum atomic E-state index is -0.298. The van der Waals surface area contributed by atoms with Gasteiger partial charge in [-0.1, -0.05) is 66.7 Å². The van der Waals surface area contributed by atoms with E-state index in [9.17, 15) is 0 Å². The van der Waals surface area contributed by atoms with Crippen molar-refractivity contribution in [2.45, 2.75) is 31.9 Å². The number of aromatic nitrogens is 1. The maximum Gasteiger partial charge on any atom is 0.127 e. The Bertz CT molecular complexity index is 1280. The summed E-state index contributed by atoms with van der Waals surface area (Å²) in [6.07, 6.45) is 2.41. The fourth-order valence-electron chi connectivity index (χ4n) is 5.22. The molecule has 0 bridgehead atoms. The van der Waals surface area contributed by atoms with Crippen LogP contribution in [-0.4, -0.2) is 10.2 Å². The van der Waals surface area contributed by atoms with Crippen molar-refractivity contribution in [2.75, 3.05) is 0 Å². The van der Waals surface area contributed by atoms with Gasteiger partial charge in [0.25, 0.3) is 0 Å². The highest BCUT2D eigenvalue weighted by atomic mass is 16.5. The Labute approximate surface area is 171 Å². The molecule has 1 aliphatic carbocycles. The van der Waals surface area contributed by atoms with E-state index in [1.165, 1.54) is 38.9 Å². The van der Waals surface area contributed by atoms with Gasteiger partial charge in [0, 0.05) is 28.7 Å². The van der Waals surface area contributed by atoms with E-state index in [1.54, 1.807) is 0 Å². The van der Waals surface area contributed by atoms with Crippen LogP contribution in [0.3, 0.4) is 0 Å². The smallest absolute Gasteiger partial charge is 0.127 e. The minimum Gasteiger partial charge on any atom is -0.486 e. The van der Waals surface area contributed by atoms with Crippen molar-refractivity contribution < 1.29 is 4.74 Å². The van der Waals surface area contributed by atoms with Crippen LogP contribution in [0, 0.1) is 0 Å². The SMILES string of the molecule is CC1(C)Oc2ccccc2C2=Cc3c(c4ccccc4n3Cc3ccccc3)C21. The Morgan fingerprint density at radius 3 is 2.45 bits per heavy atom. The number of hydrogen-bond acceptors (Lipinski definition) is 1. The molecular weight excluding hydrogens is 354 g/mol. The van der Waals surface area contributed by atoms with E-state index in [0.717, 1.165) is 12.3 Å². The summed E-state index contributed by atoms with van der Waals surface area (Å²) in [6, 6.07) is 28.0. The van der Waals surface area contributed by atoms with Crippen LogP contribution in [0.5, 0.6) is 5.75 Å². The predicted octanol–water partition coefficient (Wildman–Crippen LogP) is 6.50. The highest BCUT2D eigenvalue weighted by molar-refractivity contribution is 6.02. The van der Waals surface area contributed by atoms with Crippen molar-refractivity contribution in [3.63, 3.8) is 0 Å². The fraction of sp³-hybridized carbons (Fsp3) is 0.185. The largest absolute Gasteiger partial charge is 0.486 e. The first-order valence-corrected chi connectivity index (χ1v) is 10.3. The van der Waals surface area contributed by atoms with Crippen LogP contribution in [-0.2, 0) is 6.54 Å². The highest BCUT2D eigenvalue weighted by Crippen LogP contribution is 2.56. The average molecular weight is 377 g/mol. The van der Waals surface area contributed by atoms with E-state index in [-0.39, 0.29) is 11.5 Å². The number of nitrogens with zero attached hydrogens (tertiary/aromatic N) is 1. The molecule has 2 nitrogen and oxygen atoms in total. The van der Waals surface area contributed by atoms with Crippen molar-refractivity contribution in [1.29, 1.82) is 0 Å². The van der Waals surface area contributed by atoms with Gasteiger partial charge in [0.05, 0.1) is 5.92 Å². The molecular formula is C27H23NO. The zero-order chi connectivity index (χ0) is 19.6. The molecule has 0 amide bonds. The Morgan fingerprint density at radius 2 is 1.59 bits per heavy atom. The van der Waals surface area contributed by atoms with Crippen LogP contribution >= 0.6 is 0 Å². The molecule has 2 heterocycles. The number of fused-ring (bicyclic) bond motifs is 7. The average Bonchev–Trinajstić information content (AvgIpc) is 3.26. The van der Waals surface area contributed by atoms with Gasteiger partial charge in [0.15, 0.2) is 0 Å². The van der Waals surface area contributed by atoms with Crippen LogP contribution < -0.4 is 4.74 Å². The molecule has 0 saturated heterocycles. The zero-order valence-corrected chi connectivity index (χ0v) is 16.7. The Balaban J connectivity index is 1.63. The maximum atomic E-state index is 6.52. The van der Waals surface area contributed by atoms with Crippen molar-refractivity contribution >= 4 is 22.6 Å². The van der Waals surface area contributed by atoms with Gasteiger partial charge in [-0.25, -0.2) is 0 Å². The normalized spacial score (nSPS) is 18.6. The van der Waals surface area contributed by atoms with E-state index in [4.69, 9.17) is 4.74 Å². The summed E-state index contributed by atoms with van der Waals surface area (Å²) in [6.45, 7) is 5.32. The Morgan fingerprint density at radius 1 is 0.862 bits per heavy atom. The summed E-state index contributed by atoms with van der Waals surface area (Å²) in [5.74, 6) is 1.22. The lowest BCUT2D eigenvalue weighted by atomic mass is 9.77. The van der Waals surface area contributed by atoms with Crippen molar-refractivity contribution in [2.24, 2.45) is 0 Å². The number of rotatable bonds is 2. The second-order valence-corrected chi connectivity index (χ2v) is 8.62. The zero-order valence-electron chi connectivity index (χ0n) is 16.7. The van der Waals surface area contributed by atoms with E-state index in [1.807, 2.05) is 0 Å². The van der Waals surface area contributed by atoms with Gasteiger partial charge in [0.1, 0.15) is 11.4 Å². The number of benzene rings is 3. The lowest BCUT2D eigenvalue weighted by Crippen LogP contribution is -2.39.